The minimum atomic E-state index is -0.0598. The van der Waals surface area contributed by atoms with Crippen LogP contribution in [0.1, 0.15) is 34.8 Å². The molecule has 0 atom stereocenters. The average Bonchev–Trinajstić information content (AvgIpc) is 3.55. The first kappa shape index (κ1) is 17.5. The Morgan fingerprint density at radius 1 is 0.759 bits per heavy atom. The number of aromatic nitrogens is 1. The molecular weight excluding hydrogens is 356 g/mol. The molecule has 3 aromatic carbocycles. The van der Waals surface area contributed by atoms with Crippen molar-refractivity contribution in [3.05, 3.63) is 102 Å². The van der Waals surface area contributed by atoms with Crippen molar-refractivity contribution < 1.29 is 4.79 Å². The summed E-state index contributed by atoms with van der Waals surface area (Å²) in [4.78, 5) is 17.1. The maximum absolute atomic E-state index is 13.5. The van der Waals surface area contributed by atoms with Gasteiger partial charge in [-0.3, -0.25) is 4.79 Å². The van der Waals surface area contributed by atoms with E-state index in [-0.39, 0.29) is 5.91 Å². The normalized spacial score (nSPS) is 13.2. The van der Waals surface area contributed by atoms with Crippen LogP contribution in [0.3, 0.4) is 0 Å². The highest BCUT2D eigenvalue weighted by atomic mass is 16.1. The molecule has 1 saturated carbocycles. The van der Waals surface area contributed by atoms with E-state index in [9.17, 15) is 4.79 Å². The van der Waals surface area contributed by atoms with Crippen LogP contribution in [-0.4, -0.2) is 10.9 Å². The van der Waals surface area contributed by atoms with E-state index in [1.165, 1.54) is 0 Å². The highest BCUT2D eigenvalue weighted by molar-refractivity contribution is 6.12. The van der Waals surface area contributed by atoms with Gasteiger partial charge in [0.25, 0.3) is 5.91 Å². The van der Waals surface area contributed by atoms with Crippen LogP contribution in [0.15, 0.2) is 91.0 Å². The second-order valence-electron chi connectivity index (χ2n) is 7.49. The second kappa shape index (κ2) is 7.44. The Balaban J connectivity index is 1.70. The molecule has 142 valence electrons. The topological polar surface area (TPSA) is 44.9 Å². The van der Waals surface area contributed by atoms with Crippen molar-refractivity contribution in [3.63, 3.8) is 0 Å². The van der Waals surface area contributed by atoms with Crippen molar-refractivity contribution in [2.24, 2.45) is 0 Å². The van der Waals surface area contributed by atoms with Crippen LogP contribution in [0.5, 0.6) is 0 Å². The molecule has 1 fully saturated rings. The van der Waals surface area contributed by atoms with Gasteiger partial charge in [-0.2, -0.15) is 0 Å². The Bertz CT molecular complexity index is 1130. The van der Waals surface area contributed by atoms with Gasteiger partial charge < -0.3 is 10.3 Å². The third-order valence-corrected chi connectivity index (χ3v) is 5.40. The molecule has 4 aromatic rings. The van der Waals surface area contributed by atoms with Crippen LogP contribution in [0.25, 0.3) is 22.4 Å². The van der Waals surface area contributed by atoms with Crippen LogP contribution >= 0.6 is 0 Å². The molecule has 29 heavy (non-hydrogen) atoms. The first-order valence-corrected chi connectivity index (χ1v) is 10.0. The minimum absolute atomic E-state index is 0.0598. The number of amides is 1. The highest BCUT2D eigenvalue weighted by Crippen LogP contribution is 2.47. The fraction of sp³-hybridized carbons (Fsp3) is 0.115. The van der Waals surface area contributed by atoms with Gasteiger partial charge in [0.05, 0.1) is 11.3 Å². The van der Waals surface area contributed by atoms with Crippen LogP contribution in [-0.2, 0) is 0 Å². The molecule has 0 aliphatic heterocycles. The van der Waals surface area contributed by atoms with Gasteiger partial charge in [-0.25, -0.2) is 0 Å². The lowest BCUT2D eigenvalue weighted by Crippen LogP contribution is -2.14. The van der Waals surface area contributed by atoms with Gasteiger partial charge >= 0.3 is 0 Å². The number of carbonyl (C=O) groups is 1. The summed E-state index contributed by atoms with van der Waals surface area (Å²) in [6, 6.07) is 30.1. The van der Waals surface area contributed by atoms with Crippen molar-refractivity contribution in [3.8, 4) is 22.4 Å². The molecule has 1 aliphatic rings. The van der Waals surface area contributed by atoms with Crippen LogP contribution in [0, 0.1) is 0 Å². The molecule has 3 heteroatoms. The lowest BCUT2D eigenvalue weighted by atomic mass is 9.95. The molecule has 0 saturated heterocycles. The standard InChI is InChI=1S/C26H22N2O/c29-26(27-21-14-8-3-9-15-21)23-22(18-10-4-1-5-11-18)24(19-12-6-2-7-13-19)28-25(23)20-16-17-20/h1-15,20,28H,16-17H2,(H,27,29). The minimum Gasteiger partial charge on any atom is -0.357 e. The van der Waals surface area contributed by atoms with Crippen LogP contribution in [0.2, 0.25) is 0 Å². The van der Waals surface area contributed by atoms with E-state index in [0.29, 0.717) is 5.92 Å². The molecule has 0 bridgehead atoms. The predicted octanol–water partition coefficient (Wildman–Crippen LogP) is 6.48. The van der Waals surface area contributed by atoms with Crippen LogP contribution < -0.4 is 5.32 Å². The molecule has 3 nitrogen and oxygen atoms in total. The van der Waals surface area contributed by atoms with Gasteiger partial charge in [-0.1, -0.05) is 78.9 Å². The maximum atomic E-state index is 13.5. The van der Waals surface area contributed by atoms with Gasteiger partial charge in [0.15, 0.2) is 0 Å². The summed E-state index contributed by atoms with van der Waals surface area (Å²) in [7, 11) is 0. The third-order valence-electron chi connectivity index (χ3n) is 5.40. The molecule has 0 unspecified atom stereocenters. The Labute approximate surface area is 170 Å². The number of nitrogens with one attached hydrogen (secondary N) is 2. The van der Waals surface area contributed by atoms with E-state index in [4.69, 9.17) is 0 Å². The first-order chi connectivity index (χ1) is 14.3. The van der Waals surface area contributed by atoms with Crippen molar-refractivity contribution in [1.82, 2.24) is 4.98 Å². The summed E-state index contributed by atoms with van der Waals surface area (Å²) < 4.78 is 0. The molecule has 2 N–H and O–H groups in total. The number of H-pyrrole nitrogens is 1. The van der Waals surface area contributed by atoms with Gasteiger partial charge in [-0.15, -0.1) is 0 Å². The largest absolute Gasteiger partial charge is 0.357 e. The van der Waals surface area contributed by atoms with Crippen molar-refractivity contribution in [2.45, 2.75) is 18.8 Å². The fourth-order valence-electron chi connectivity index (χ4n) is 3.86. The van der Waals surface area contributed by atoms with Gasteiger partial charge in [0.2, 0.25) is 0 Å². The lowest BCUT2D eigenvalue weighted by molar-refractivity contribution is 0.102. The summed E-state index contributed by atoms with van der Waals surface area (Å²) in [6.45, 7) is 0. The summed E-state index contributed by atoms with van der Waals surface area (Å²) in [5, 5.41) is 3.10. The summed E-state index contributed by atoms with van der Waals surface area (Å²) in [5.74, 6) is 0.363. The molecule has 1 heterocycles. The van der Waals surface area contributed by atoms with E-state index in [1.54, 1.807) is 0 Å². The first-order valence-electron chi connectivity index (χ1n) is 10.0. The Morgan fingerprint density at radius 3 is 1.90 bits per heavy atom. The van der Waals surface area contributed by atoms with Gasteiger partial charge in [0, 0.05) is 16.9 Å². The number of hydrogen-bond donors (Lipinski definition) is 2. The lowest BCUT2D eigenvalue weighted by Gasteiger charge is -2.10. The smallest absolute Gasteiger partial charge is 0.258 e. The molecule has 0 radical (unpaired) electrons. The Morgan fingerprint density at radius 2 is 1.31 bits per heavy atom. The summed E-state index contributed by atoms with van der Waals surface area (Å²) in [6.07, 6.45) is 2.24. The number of para-hydroxylation sites is 1. The van der Waals surface area contributed by atoms with E-state index < -0.39 is 0 Å². The molecule has 1 aromatic heterocycles. The molecule has 1 amide bonds. The molecule has 1 aliphatic carbocycles. The van der Waals surface area contributed by atoms with E-state index in [1.807, 2.05) is 66.7 Å². The number of carbonyl (C=O) groups excluding carboxylic acids is 1. The zero-order chi connectivity index (χ0) is 19.6. The number of aromatic amines is 1. The molecule has 5 rings (SSSR count). The van der Waals surface area contributed by atoms with E-state index >= 15 is 0 Å². The molecular formula is C26H22N2O. The van der Waals surface area contributed by atoms with Crippen molar-refractivity contribution in [2.75, 3.05) is 5.32 Å². The Hall–Kier alpha value is -3.59. The summed E-state index contributed by atoms with van der Waals surface area (Å²) in [5.41, 5.74) is 6.75. The highest BCUT2D eigenvalue weighted by Gasteiger charge is 2.34. The van der Waals surface area contributed by atoms with Gasteiger partial charge in [0.1, 0.15) is 0 Å². The second-order valence-corrected chi connectivity index (χ2v) is 7.49. The average molecular weight is 378 g/mol. The Kier molecular flexibility index (Phi) is 4.49. The fourth-order valence-corrected chi connectivity index (χ4v) is 3.86. The van der Waals surface area contributed by atoms with Gasteiger partial charge in [-0.05, 0) is 42.0 Å². The van der Waals surface area contributed by atoms with Crippen LogP contribution in [0.4, 0.5) is 5.69 Å². The number of hydrogen-bond acceptors (Lipinski definition) is 1. The number of rotatable bonds is 5. The number of anilines is 1. The quantitative estimate of drug-likeness (QED) is 0.410. The van der Waals surface area contributed by atoms with E-state index in [2.05, 4.69) is 34.6 Å². The van der Waals surface area contributed by atoms with Crippen molar-refractivity contribution in [1.29, 1.82) is 0 Å². The van der Waals surface area contributed by atoms with Crippen molar-refractivity contribution >= 4 is 11.6 Å². The maximum Gasteiger partial charge on any atom is 0.258 e. The SMILES string of the molecule is O=C(Nc1ccccc1)c1c(C2CC2)[nH]c(-c2ccccc2)c1-c1ccccc1. The predicted molar refractivity (Wildman–Crippen MR) is 118 cm³/mol. The zero-order valence-corrected chi connectivity index (χ0v) is 16.1. The van der Waals surface area contributed by atoms with E-state index in [0.717, 1.165) is 52.2 Å². The third kappa shape index (κ3) is 3.47. The molecule has 0 spiro atoms. The monoisotopic (exact) mass is 378 g/mol. The number of benzene rings is 3. The zero-order valence-electron chi connectivity index (χ0n) is 16.1. The summed E-state index contributed by atoms with van der Waals surface area (Å²) >= 11 is 0.